The van der Waals surface area contributed by atoms with Gasteiger partial charge in [0.15, 0.2) is 27.3 Å². The Morgan fingerprint density at radius 2 is 2.00 bits per heavy atom. The summed E-state index contributed by atoms with van der Waals surface area (Å²) >= 11 is 0. The third kappa shape index (κ3) is 6.00. The van der Waals surface area contributed by atoms with Crippen molar-refractivity contribution in [3.63, 3.8) is 0 Å². The SMILES string of the molecule is CCNC(=NCC(c1ccc(OC)c(OC)c1)N(C)C)NC1CCS(=O)(=O)C1. The molecule has 1 fully saturated rings. The van der Waals surface area contributed by atoms with Crippen LogP contribution in [0.5, 0.6) is 11.5 Å². The molecule has 1 aliphatic heterocycles. The molecule has 0 radical (unpaired) electrons. The standard InChI is InChI=1S/C19H32N4O4S/c1-6-20-19(22-15-9-10-28(24,25)13-15)21-12-16(23(2)3)14-7-8-17(26-4)18(11-14)27-5/h7-8,11,15-16H,6,9-10,12-13H2,1-5H3,(H2,20,21,22). The highest BCUT2D eigenvalue weighted by atomic mass is 32.2. The summed E-state index contributed by atoms with van der Waals surface area (Å²) in [5.74, 6) is 2.39. The first-order chi connectivity index (χ1) is 13.3. The fraction of sp³-hybridized carbons (Fsp3) is 0.632. The van der Waals surface area contributed by atoms with E-state index in [1.165, 1.54) is 0 Å². The Kier molecular flexibility index (Phi) is 7.94. The predicted octanol–water partition coefficient (Wildman–Crippen LogP) is 1.05. The number of sulfone groups is 1. The number of aliphatic imine (C=N–C) groups is 1. The lowest BCUT2D eigenvalue weighted by Gasteiger charge is -2.25. The summed E-state index contributed by atoms with van der Waals surface area (Å²) in [5, 5.41) is 6.46. The molecule has 1 aromatic rings. The van der Waals surface area contributed by atoms with Gasteiger partial charge in [0.25, 0.3) is 0 Å². The summed E-state index contributed by atoms with van der Waals surface area (Å²) in [4.78, 5) is 6.80. The molecule has 1 heterocycles. The van der Waals surface area contributed by atoms with Gasteiger partial charge in [-0.15, -0.1) is 0 Å². The van der Waals surface area contributed by atoms with Crippen molar-refractivity contribution in [2.45, 2.75) is 25.4 Å². The number of nitrogens with one attached hydrogen (secondary N) is 2. The lowest BCUT2D eigenvalue weighted by molar-refractivity contribution is 0.303. The second kappa shape index (κ2) is 9.97. The molecule has 158 valence electrons. The van der Waals surface area contributed by atoms with E-state index in [4.69, 9.17) is 14.5 Å². The van der Waals surface area contributed by atoms with Gasteiger partial charge < -0.3 is 25.0 Å². The van der Waals surface area contributed by atoms with E-state index in [1.807, 2.05) is 39.2 Å². The minimum Gasteiger partial charge on any atom is -0.493 e. The van der Waals surface area contributed by atoms with E-state index in [0.717, 1.165) is 5.56 Å². The highest BCUT2D eigenvalue weighted by molar-refractivity contribution is 7.91. The van der Waals surface area contributed by atoms with Gasteiger partial charge in [-0.25, -0.2) is 8.42 Å². The summed E-state index contributed by atoms with van der Waals surface area (Å²) in [6.45, 7) is 3.20. The maximum absolute atomic E-state index is 11.7. The third-order valence-corrected chi connectivity index (χ3v) is 6.52. The Morgan fingerprint density at radius 1 is 1.29 bits per heavy atom. The first kappa shape index (κ1) is 22.3. The van der Waals surface area contributed by atoms with Gasteiger partial charge in [-0.1, -0.05) is 6.07 Å². The average Bonchev–Trinajstić information content (AvgIpc) is 2.99. The van der Waals surface area contributed by atoms with Crippen LogP contribution in [0, 0.1) is 0 Å². The van der Waals surface area contributed by atoms with Crippen molar-refractivity contribution in [3.8, 4) is 11.5 Å². The Morgan fingerprint density at radius 3 is 2.54 bits per heavy atom. The molecule has 1 saturated heterocycles. The molecule has 2 rings (SSSR count). The lowest BCUT2D eigenvalue weighted by Crippen LogP contribution is -2.44. The number of guanidine groups is 1. The van der Waals surface area contributed by atoms with E-state index in [9.17, 15) is 8.42 Å². The monoisotopic (exact) mass is 412 g/mol. The lowest BCUT2D eigenvalue weighted by atomic mass is 10.1. The van der Waals surface area contributed by atoms with Crippen LogP contribution in [0.4, 0.5) is 0 Å². The van der Waals surface area contributed by atoms with Crippen molar-refractivity contribution in [1.82, 2.24) is 15.5 Å². The summed E-state index contributed by atoms with van der Waals surface area (Å²) in [6, 6.07) is 5.79. The number of nitrogens with zero attached hydrogens (tertiary/aromatic N) is 2. The molecule has 0 aromatic heterocycles. The average molecular weight is 413 g/mol. The zero-order valence-electron chi connectivity index (χ0n) is 17.4. The molecule has 28 heavy (non-hydrogen) atoms. The van der Waals surface area contributed by atoms with Crippen LogP contribution in [0.25, 0.3) is 0 Å². The quantitative estimate of drug-likeness (QED) is 0.487. The summed E-state index contributed by atoms with van der Waals surface area (Å²) in [7, 11) is 4.30. The van der Waals surface area contributed by atoms with E-state index < -0.39 is 9.84 Å². The van der Waals surface area contributed by atoms with Crippen LogP contribution in [0.15, 0.2) is 23.2 Å². The third-order valence-electron chi connectivity index (χ3n) is 4.76. The normalized spacial score (nSPS) is 20.1. The number of ether oxygens (including phenoxy) is 2. The largest absolute Gasteiger partial charge is 0.493 e. The number of rotatable bonds is 8. The Balaban J connectivity index is 2.16. The fourth-order valence-electron chi connectivity index (χ4n) is 3.23. The molecule has 0 amide bonds. The van der Waals surface area contributed by atoms with Gasteiger partial charge in [-0.3, -0.25) is 4.99 Å². The van der Waals surface area contributed by atoms with Crippen LogP contribution in [0.2, 0.25) is 0 Å². The second-order valence-corrected chi connectivity index (χ2v) is 9.29. The first-order valence-corrected chi connectivity index (χ1v) is 11.3. The van der Waals surface area contributed by atoms with Crippen molar-refractivity contribution in [2.75, 3.05) is 52.9 Å². The number of hydrogen-bond donors (Lipinski definition) is 2. The molecule has 1 aliphatic rings. The second-order valence-electron chi connectivity index (χ2n) is 7.06. The van der Waals surface area contributed by atoms with Crippen LogP contribution in [-0.2, 0) is 9.84 Å². The van der Waals surface area contributed by atoms with Crippen LogP contribution < -0.4 is 20.1 Å². The van der Waals surface area contributed by atoms with Gasteiger partial charge >= 0.3 is 0 Å². The Hall–Kier alpha value is -2.00. The molecular weight excluding hydrogens is 380 g/mol. The van der Waals surface area contributed by atoms with E-state index in [0.29, 0.717) is 37.0 Å². The number of likely N-dealkylation sites (N-methyl/N-ethyl adjacent to an activating group) is 1. The maximum atomic E-state index is 11.7. The smallest absolute Gasteiger partial charge is 0.191 e. The maximum Gasteiger partial charge on any atom is 0.191 e. The molecule has 1 aromatic carbocycles. The highest BCUT2D eigenvalue weighted by Crippen LogP contribution is 2.31. The van der Waals surface area contributed by atoms with Crippen molar-refractivity contribution in [2.24, 2.45) is 4.99 Å². The minimum absolute atomic E-state index is 0.0302. The van der Waals surface area contributed by atoms with E-state index >= 15 is 0 Å². The first-order valence-electron chi connectivity index (χ1n) is 9.43. The van der Waals surface area contributed by atoms with Crippen molar-refractivity contribution in [1.29, 1.82) is 0 Å². The minimum atomic E-state index is -2.94. The molecule has 2 unspecified atom stereocenters. The van der Waals surface area contributed by atoms with Gasteiger partial charge in [0, 0.05) is 12.6 Å². The number of hydrogen-bond acceptors (Lipinski definition) is 6. The van der Waals surface area contributed by atoms with Gasteiger partial charge in [-0.2, -0.15) is 0 Å². The van der Waals surface area contributed by atoms with Crippen LogP contribution in [-0.4, -0.2) is 78.2 Å². The zero-order valence-corrected chi connectivity index (χ0v) is 18.2. The van der Waals surface area contributed by atoms with Gasteiger partial charge in [-0.05, 0) is 45.1 Å². The molecule has 0 bridgehead atoms. The number of methoxy groups -OCH3 is 2. The molecule has 0 aliphatic carbocycles. The van der Waals surface area contributed by atoms with Crippen molar-refractivity contribution in [3.05, 3.63) is 23.8 Å². The van der Waals surface area contributed by atoms with Gasteiger partial charge in [0.1, 0.15) is 0 Å². The highest BCUT2D eigenvalue weighted by Gasteiger charge is 2.28. The molecule has 2 N–H and O–H groups in total. The van der Waals surface area contributed by atoms with Crippen LogP contribution >= 0.6 is 0 Å². The zero-order chi connectivity index (χ0) is 20.7. The summed E-state index contributed by atoms with van der Waals surface area (Å²) in [5.41, 5.74) is 1.06. The van der Waals surface area contributed by atoms with Gasteiger partial charge in [0.2, 0.25) is 0 Å². The molecule has 0 saturated carbocycles. The van der Waals surface area contributed by atoms with E-state index in [1.54, 1.807) is 14.2 Å². The van der Waals surface area contributed by atoms with Crippen molar-refractivity contribution >= 4 is 15.8 Å². The summed E-state index contributed by atoms with van der Waals surface area (Å²) < 4.78 is 34.1. The Bertz CT molecular complexity index is 780. The van der Waals surface area contributed by atoms with Crippen LogP contribution in [0.1, 0.15) is 24.9 Å². The Labute approximate surface area is 168 Å². The molecule has 9 heteroatoms. The topological polar surface area (TPSA) is 92.3 Å². The van der Waals surface area contributed by atoms with Gasteiger partial charge in [0.05, 0.1) is 38.3 Å². The predicted molar refractivity (Wildman–Crippen MR) is 112 cm³/mol. The molecule has 8 nitrogen and oxygen atoms in total. The van der Waals surface area contributed by atoms with E-state index in [-0.39, 0.29) is 23.6 Å². The fourth-order valence-corrected chi connectivity index (χ4v) is 4.90. The number of benzene rings is 1. The summed E-state index contributed by atoms with van der Waals surface area (Å²) in [6.07, 6.45) is 0.611. The molecule has 0 spiro atoms. The van der Waals surface area contributed by atoms with Crippen LogP contribution in [0.3, 0.4) is 0 Å². The van der Waals surface area contributed by atoms with Crippen molar-refractivity contribution < 1.29 is 17.9 Å². The molecule has 2 atom stereocenters. The molecular formula is C19H32N4O4S. The van der Waals surface area contributed by atoms with E-state index in [2.05, 4.69) is 15.5 Å².